The number of anilines is 1. The van der Waals surface area contributed by atoms with Crippen LogP contribution in [0.25, 0.3) is 0 Å². The second-order valence-electron chi connectivity index (χ2n) is 5.77. The van der Waals surface area contributed by atoms with Crippen molar-refractivity contribution in [2.24, 2.45) is 0 Å². The molecule has 0 unspecified atom stereocenters. The van der Waals surface area contributed by atoms with E-state index in [0.717, 1.165) is 10.6 Å². The number of imide groups is 1. The molecule has 0 radical (unpaired) electrons. The van der Waals surface area contributed by atoms with Crippen LogP contribution in [0.2, 0.25) is 0 Å². The maximum absolute atomic E-state index is 12.3. The van der Waals surface area contributed by atoms with Gasteiger partial charge < -0.3 is 14.7 Å². The van der Waals surface area contributed by atoms with Crippen LogP contribution in [-0.2, 0) is 0 Å². The average molecular weight is 335 g/mol. The lowest BCUT2D eigenvalue weighted by atomic mass is 10.2. The molecule has 1 aliphatic rings. The van der Waals surface area contributed by atoms with Crippen LogP contribution < -0.4 is 4.90 Å². The monoisotopic (exact) mass is 335 g/mol. The van der Waals surface area contributed by atoms with E-state index in [4.69, 9.17) is 0 Å². The minimum atomic E-state index is -0.425. The van der Waals surface area contributed by atoms with Crippen molar-refractivity contribution in [2.75, 3.05) is 52.2 Å². The summed E-state index contributed by atoms with van der Waals surface area (Å²) >= 11 is 0. The number of nitro benzene ring substituents is 1. The van der Waals surface area contributed by atoms with Crippen LogP contribution in [-0.4, -0.2) is 79.0 Å². The molecule has 4 amide bonds. The quantitative estimate of drug-likeness (QED) is 0.603. The molecule has 0 aliphatic carbocycles. The third kappa shape index (κ3) is 3.73. The summed E-state index contributed by atoms with van der Waals surface area (Å²) in [7, 11) is 4.64. The van der Waals surface area contributed by atoms with Gasteiger partial charge in [0.2, 0.25) is 0 Å². The van der Waals surface area contributed by atoms with Crippen molar-refractivity contribution in [3.05, 3.63) is 34.4 Å². The first-order valence-electron chi connectivity index (χ1n) is 7.54. The van der Waals surface area contributed by atoms with Crippen molar-refractivity contribution >= 4 is 23.4 Å². The molecule has 0 saturated carbocycles. The molecule has 9 nitrogen and oxygen atoms in total. The Morgan fingerprint density at radius 3 is 2.29 bits per heavy atom. The molecule has 0 aromatic heterocycles. The zero-order chi connectivity index (χ0) is 17.9. The lowest BCUT2D eigenvalue weighted by Gasteiger charge is -2.37. The SMILES string of the molecule is CN(C)C(=O)N(C)C(=O)N1CCN(c2cccc([N+](=O)[O-])c2)CC1. The summed E-state index contributed by atoms with van der Waals surface area (Å²) in [6, 6.07) is 5.72. The molecule has 1 fully saturated rings. The molecule has 130 valence electrons. The smallest absolute Gasteiger partial charge is 0.328 e. The number of amides is 4. The first kappa shape index (κ1) is 17.5. The van der Waals surface area contributed by atoms with E-state index in [-0.39, 0.29) is 17.7 Å². The molecule has 0 N–H and O–H groups in total. The molecular weight excluding hydrogens is 314 g/mol. The van der Waals surface area contributed by atoms with Crippen LogP contribution in [0.15, 0.2) is 24.3 Å². The van der Waals surface area contributed by atoms with Crippen molar-refractivity contribution in [1.82, 2.24) is 14.7 Å². The highest BCUT2D eigenvalue weighted by Crippen LogP contribution is 2.22. The van der Waals surface area contributed by atoms with Gasteiger partial charge in [0.25, 0.3) is 5.69 Å². The molecule has 24 heavy (non-hydrogen) atoms. The van der Waals surface area contributed by atoms with E-state index < -0.39 is 4.92 Å². The number of non-ortho nitro benzene ring substituents is 1. The van der Waals surface area contributed by atoms with Crippen LogP contribution in [0.1, 0.15) is 0 Å². The molecule has 0 bridgehead atoms. The summed E-state index contributed by atoms with van der Waals surface area (Å²) in [6.45, 7) is 2.01. The van der Waals surface area contributed by atoms with E-state index in [1.54, 1.807) is 25.1 Å². The Labute approximate surface area is 140 Å². The van der Waals surface area contributed by atoms with Gasteiger partial charge in [-0.15, -0.1) is 0 Å². The van der Waals surface area contributed by atoms with Crippen molar-refractivity contribution in [3.63, 3.8) is 0 Å². The predicted octanol–water partition coefficient (Wildman–Crippen LogP) is 1.45. The highest BCUT2D eigenvalue weighted by atomic mass is 16.6. The molecule has 1 aromatic carbocycles. The fraction of sp³-hybridized carbons (Fsp3) is 0.467. The predicted molar refractivity (Wildman–Crippen MR) is 89.1 cm³/mol. The standard InChI is InChI=1S/C15H21N5O4/c1-16(2)14(21)17(3)15(22)19-9-7-18(8-10-19)12-5-4-6-13(11-12)20(23)24/h4-6,11H,7-10H2,1-3H3. The lowest BCUT2D eigenvalue weighted by molar-refractivity contribution is -0.384. The van der Waals surface area contributed by atoms with Crippen molar-refractivity contribution in [1.29, 1.82) is 0 Å². The fourth-order valence-corrected chi connectivity index (χ4v) is 2.55. The average Bonchev–Trinajstić information content (AvgIpc) is 2.60. The van der Waals surface area contributed by atoms with Crippen LogP contribution >= 0.6 is 0 Å². The highest BCUT2D eigenvalue weighted by molar-refractivity contribution is 5.93. The van der Waals surface area contributed by atoms with Crippen LogP contribution in [0, 0.1) is 10.1 Å². The van der Waals surface area contributed by atoms with Gasteiger partial charge in [-0.05, 0) is 6.07 Å². The Bertz CT molecular complexity index is 641. The first-order chi connectivity index (χ1) is 11.3. The largest absolute Gasteiger partial charge is 0.368 e. The number of hydrogen-bond donors (Lipinski definition) is 0. The summed E-state index contributed by atoms with van der Waals surface area (Å²) in [5.74, 6) is 0. The van der Waals surface area contributed by atoms with Gasteiger partial charge in [-0.3, -0.25) is 10.1 Å². The Kier molecular flexibility index (Phi) is 5.22. The minimum Gasteiger partial charge on any atom is -0.368 e. The van der Waals surface area contributed by atoms with E-state index in [2.05, 4.69) is 0 Å². The number of carbonyl (C=O) groups excluding carboxylic acids is 2. The molecule has 1 aromatic rings. The molecule has 1 saturated heterocycles. The Morgan fingerprint density at radius 1 is 1.12 bits per heavy atom. The van der Waals surface area contributed by atoms with Gasteiger partial charge in [-0.2, -0.15) is 0 Å². The van der Waals surface area contributed by atoms with Crippen LogP contribution in [0.5, 0.6) is 0 Å². The summed E-state index contributed by atoms with van der Waals surface area (Å²) in [4.78, 5) is 40.6. The molecule has 1 aliphatic heterocycles. The number of urea groups is 2. The number of rotatable bonds is 2. The van der Waals surface area contributed by atoms with Gasteiger partial charge in [0, 0.05) is 65.1 Å². The van der Waals surface area contributed by atoms with Gasteiger partial charge >= 0.3 is 12.1 Å². The van der Waals surface area contributed by atoms with Crippen molar-refractivity contribution < 1.29 is 14.5 Å². The first-order valence-corrected chi connectivity index (χ1v) is 7.54. The molecule has 2 rings (SSSR count). The number of nitrogens with zero attached hydrogens (tertiary/aromatic N) is 5. The molecule has 9 heteroatoms. The molecule has 0 spiro atoms. The van der Waals surface area contributed by atoms with Crippen LogP contribution in [0.3, 0.4) is 0 Å². The van der Waals surface area contributed by atoms with E-state index in [1.807, 2.05) is 11.0 Å². The third-order valence-corrected chi connectivity index (χ3v) is 3.91. The zero-order valence-corrected chi connectivity index (χ0v) is 14.0. The summed E-state index contributed by atoms with van der Waals surface area (Å²) in [6.07, 6.45) is 0. The van der Waals surface area contributed by atoms with Gasteiger partial charge in [0.05, 0.1) is 4.92 Å². The van der Waals surface area contributed by atoms with Gasteiger partial charge in [-0.25, -0.2) is 14.5 Å². The molecule has 0 atom stereocenters. The highest BCUT2D eigenvalue weighted by Gasteiger charge is 2.27. The van der Waals surface area contributed by atoms with Crippen LogP contribution in [0.4, 0.5) is 21.0 Å². The van der Waals surface area contributed by atoms with Crippen molar-refractivity contribution in [2.45, 2.75) is 0 Å². The van der Waals surface area contributed by atoms with E-state index in [1.165, 1.54) is 24.1 Å². The second-order valence-corrected chi connectivity index (χ2v) is 5.77. The molecular formula is C15H21N5O4. The summed E-state index contributed by atoms with van der Waals surface area (Å²) < 4.78 is 0. The summed E-state index contributed by atoms with van der Waals surface area (Å²) in [5, 5.41) is 10.9. The van der Waals surface area contributed by atoms with E-state index in [9.17, 15) is 19.7 Å². The third-order valence-electron chi connectivity index (χ3n) is 3.91. The Morgan fingerprint density at radius 2 is 1.75 bits per heavy atom. The second kappa shape index (κ2) is 7.16. The topological polar surface area (TPSA) is 90.2 Å². The van der Waals surface area contributed by atoms with Gasteiger partial charge in [-0.1, -0.05) is 6.07 Å². The maximum Gasteiger partial charge on any atom is 0.328 e. The van der Waals surface area contributed by atoms with E-state index >= 15 is 0 Å². The number of nitro groups is 1. The normalized spacial score (nSPS) is 14.3. The number of benzene rings is 1. The minimum absolute atomic E-state index is 0.0438. The number of hydrogen-bond acceptors (Lipinski definition) is 5. The van der Waals surface area contributed by atoms with E-state index in [0.29, 0.717) is 26.2 Å². The molecule has 1 heterocycles. The Balaban J connectivity index is 1.98. The maximum atomic E-state index is 12.3. The summed E-state index contributed by atoms with van der Waals surface area (Å²) in [5.41, 5.74) is 0.802. The Hall–Kier alpha value is -2.84. The van der Waals surface area contributed by atoms with Gasteiger partial charge in [0.15, 0.2) is 0 Å². The number of carbonyl (C=O) groups is 2. The zero-order valence-electron chi connectivity index (χ0n) is 14.0. The van der Waals surface area contributed by atoms with Gasteiger partial charge in [0.1, 0.15) is 0 Å². The number of piperazine rings is 1. The van der Waals surface area contributed by atoms with Crippen molar-refractivity contribution in [3.8, 4) is 0 Å². The fourth-order valence-electron chi connectivity index (χ4n) is 2.55. The lowest BCUT2D eigenvalue weighted by Crippen LogP contribution is -2.54.